The molecule has 0 bridgehead atoms. The summed E-state index contributed by atoms with van der Waals surface area (Å²) in [5.41, 5.74) is -2.65. The number of hydrogen-bond donors (Lipinski definition) is 2. The minimum absolute atomic E-state index is 0.149. The summed E-state index contributed by atoms with van der Waals surface area (Å²) in [5, 5.41) is 5.56. The van der Waals surface area contributed by atoms with Crippen LogP contribution in [0.4, 0.5) is 5.82 Å². The summed E-state index contributed by atoms with van der Waals surface area (Å²) < 4.78 is 2.13. The van der Waals surface area contributed by atoms with Gasteiger partial charge in [-0.25, -0.2) is 9.36 Å². The number of Topliss-reactive ketones (excluding diaryl/α,β-unsaturated/α-hetero) is 1. The Morgan fingerprint density at radius 1 is 0.875 bits per heavy atom. The lowest BCUT2D eigenvalue weighted by molar-refractivity contribution is -0.123. The zero-order chi connectivity index (χ0) is 24.6. The average Bonchev–Trinajstić information content (AvgIpc) is 2.84. The number of nitrogens with zero attached hydrogens (tertiary/aromatic N) is 3. The van der Waals surface area contributed by atoms with Gasteiger partial charge >= 0.3 is 5.69 Å². The second-order valence-corrected chi connectivity index (χ2v) is 10.3. The van der Waals surface area contributed by atoms with Crippen LogP contribution in [0.5, 0.6) is 0 Å². The number of nitrogens with one attached hydrogen (secondary N) is 2. The van der Waals surface area contributed by atoms with Gasteiger partial charge in [-0.2, -0.15) is 0 Å². The molecule has 0 saturated heterocycles. The number of fused-ring (bicyclic) bond motifs is 1. The van der Waals surface area contributed by atoms with Gasteiger partial charge in [0.05, 0.1) is 12.6 Å². The third-order valence-electron chi connectivity index (χ3n) is 4.86. The SMILES string of the molecule is CCCn1c2c(c(=O)n(CC(=O)NC(C)(C)C)c1=O)C(=O)[C@@H](C)N2CC(=O)NC(C)(C)C. The van der Waals surface area contributed by atoms with Crippen molar-refractivity contribution in [3.63, 3.8) is 0 Å². The van der Waals surface area contributed by atoms with Crippen molar-refractivity contribution in [2.45, 2.75) is 92.0 Å². The molecule has 2 N–H and O–H groups in total. The van der Waals surface area contributed by atoms with E-state index in [2.05, 4.69) is 10.6 Å². The maximum atomic E-state index is 13.2. The molecule has 0 unspecified atom stereocenters. The van der Waals surface area contributed by atoms with Crippen LogP contribution < -0.4 is 26.8 Å². The third-order valence-corrected chi connectivity index (χ3v) is 4.86. The van der Waals surface area contributed by atoms with Crippen molar-refractivity contribution in [3.8, 4) is 0 Å². The monoisotopic (exact) mass is 449 g/mol. The van der Waals surface area contributed by atoms with Crippen LogP contribution in [0.1, 0.15) is 72.2 Å². The Balaban J connectivity index is 2.60. The Morgan fingerprint density at radius 3 is 1.84 bits per heavy atom. The van der Waals surface area contributed by atoms with E-state index in [0.717, 1.165) is 4.57 Å². The molecule has 10 heteroatoms. The largest absolute Gasteiger partial charge is 0.350 e. The second kappa shape index (κ2) is 8.91. The highest BCUT2D eigenvalue weighted by atomic mass is 16.2. The fourth-order valence-electron chi connectivity index (χ4n) is 3.73. The smallest absolute Gasteiger partial charge is 0.333 e. The fourth-order valence-corrected chi connectivity index (χ4v) is 3.73. The predicted molar refractivity (Wildman–Crippen MR) is 122 cm³/mol. The van der Waals surface area contributed by atoms with Crippen LogP contribution in [0.25, 0.3) is 0 Å². The molecule has 1 aromatic heterocycles. The molecule has 1 atom stereocenters. The van der Waals surface area contributed by atoms with Crippen LogP contribution in [-0.4, -0.2) is 50.4 Å². The van der Waals surface area contributed by atoms with Gasteiger partial charge in [0.2, 0.25) is 11.8 Å². The maximum Gasteiger partial charge on any atom is 0.333 e. The molecule has 0 aliphatic carbocycles. The van der Waals surface area contributed by atoms with Crippen LogP contribution in [0, 0.1) is 0 Å². The van der Waals surface area contributed by atoms with E-state index >= 15 is 0 Å². The Morgan fingerprint density at radius 2 is 1.38 bits per heavy atom. The number of ketones is 1. The minimum Gasteiger partial charge on any atom is -0.350 e. The van der Waals surface area contributed by atoms with E-state index in [1.165, 1.54) is 9.47 Å². The lowest BCUT2D eigenvalue weighted by atomic mass is 10.1. The van der Waals surface area contributed by atoms with E-state index in [1.807, 2.05) is 27.7 Å². The quantitative estimate of drug-likeness (QED) is 0.657. The van der Waals surface area contributed by atoms with E-state index < -0.39 is 46.6 Å². The van der Waals surface area contributed by atoms with Crippen molar-refractivity contribution in [2.75, 3.05) is 11.4 Å². The van der Waals surface area contributed by atoms with E-state index in [-0.39, 0.29) is 30.4 Å². The fraction of sp³-hybridized carbons (Fsp3) is 0.682. The zero-order valence-electron chi connectivity index (χ0n) is 20.3. The molecule has 10 nitrogen and oxygen atoms in total. The molecule has 1 aliphatic rings. The summed E-state index contributed by atoms with van der Waals surface area (Å²) >= 11 is 0. The molecule has 2 rings (SSSR count). The summed E-state index contributed by atoms with van der Waals surface area (Å²) in [6.07, 6.45) is 0.559. The molecule has 2 amide bonds. The summed E-state index contributed by atoms with van der Waals surface area (Å²) in [6.45, 7) is 13.9. The summed E-state index contributed by atoms with van der Waals surface area (Å²) in [7, 11) is 0. The van der Waals surface area contributed by atoms with E-state index in [4.69, 9.17) is 0 Å². The van der Waals surface area contributed by atoms with Gasteiger partial charge in [0.15, 0.2) is 5.78 Å². The van der Waals surface area contributed by atoms with Crippen LogP contribution in [0.2, 0.25) is 0 Å². The van der Waals surface area contributed by atoms with Gasteiger partial charge in [0.1, 0.15) is 17.9 Å². The van der Waals surface area contributed by atoms with Crippen molar-refractivity contribution in [1.29, 1.82) is 0 Å². The highest BCUT2D eigenvalue weighted by Crippen LogP contribution is 2.29. The summed E-state index contributed by atoms with van der Waals surface area (Å²) in [5.74, 6) is -1.15. The number of amides is 2. The Hall–Kier alpha value is -2.91. The summed E-state index contributed by atoms with van der Waals surface area (Å²) in [4.78, 5) is 65.9. The molecule has 1 aromatic rings. The van der Waals surface area contributed by atoms with Crippen molar-refractivity contribution < 1.29 is 14.4 Å². The van der Waals surface area contributed by atoms with E-state index in [9.17, 15) is 24.0 Å². The van der Waals surface area contributed by atoms with Gasteiger partial charge in [0, 0.05) is 17.6 Å². The first kappa shape index (κ1) is 25.4. The van der Waals surface area contributed by atoms with Crippen molar-refractivity contribution >= 4 is 23.4 Å². The lowest BCUT2D eigenvalue weighted by Crippen LogP contribution is -2.50. The first-order chi connectivity index (χ1) is 14.6. The molecule has 0 spiro atoms. The molecule has 0 radical (unpaired) electrons. The molecular weight excluding hydrogens is 414 g/mol. The second-order valence-electron chi connectivity index (χ2n) is 10.3. The van der Waals surface area contributed by atoms with Crippen LogP contribution >= 0.6 is 0 Å². The zero-order valence-corrected chi connectivity index (χ0v) is 20.3. The molecule has 0 fully saturated rings. The number of hydrogen-bond acceptors (Lipinski definition) is 6. The Bertz CT molecular complexity index is 1040. The Labute approximate surface area is 188 Å². The molecule has 0 saturated carbocycles. The normalized spacial score (nSPS) is 16.2. The van der Waals surface area contributed by atoms with Gasteiger partial charge in [-0.15, -0.1) is 0 Å². The van der Waals surface area contributed by atoms with Gasteiger partial charge in [-0.3, -0.25) is 23.7 Å². The van der Waals surface area contributed by atoms with Crippen LogP contribution in [0.15, 0.2) is 9.59 Å². The maximum absolute atomic E-state index is 13.2. The first-order valence-corrected chi connectivity index (χ1v) is 10.9. The molecule has 32 heavy (non-hydrogen) atoms. The van der Waals surface area contributed by atoms with Crippen LogP contribution in [0.3, 0.4) is 0 Å². The highest BCUT2D eigenvalue weighted by molar-refractivity contribution is 6.10. The van der Waals surface area contributed by atoms with Crippen molar-refractivity contribution in [1.82, 2.24) is 19.8 Å². The standard InChI is InChI=1S/C22H35N5O5/c1-9-10-25-18-16(17(30)13(2)26(18)11-14(28)23-21(3,4)5)19(31)27(20(25)32)12-15(29)24-22(6,7)8/h13H,9-12H2,1-8H3,(H,23,28)(H,24,29)/t13-/m1/s1. The van der Waals surface area contributed by atoms with E-state index in [0.29, 0.717) is 6.42 Å². The average molecular weight is 450 g/mol. The van der Waals surface area contributed by atoms with Gasteiger partial charge in [-0.05, 0) is 54.9 Å². The number of aromatic nitrogens is 2. The minimum atomic E-state index is -0.808. The van der Waals surface area contributed by atoms with E-state index in [1.54, 1.807) is 27.7 Å². The number of carbonyl (C=O) groups excluding carboxylic acids is 3. The van der Waals surface area contributed by atoms with Gasteiger partial charge < -0.3 is 15.5 Å². The van der Waals surface area contributed by atoms with Gasteiger partial charge in [0.25, 0.3) is 5.56 Å². The molecule has 2 heterocycles. The predicted octanol–water partition coefficient (Wildman–Crippen LogP) is 0.641. The van der Waals surface area contributed by atoms with Crippen molar-refractivity contribution in [2.24, 2.45) is 0 Å². The lowest BCUT2D eigenvalue weighted by Gasteiger charge is -2.28. The Kier molecular flexibility index (Phi) is 7.06. The number of anilines is 1. The van der Waals surface area contributed by atoms with Crippen molar-refractivity contribution in [3.05, 3.63) is 26.4 Å². The highest BCUT2D eigenvalue weighted by Gasteiger charge is 2.41. The number of carbonyl (C=O) groups is 3. The number of rotatable bonds is 6. The summed E-state index contributed by atoms with van der Waals surface area (Å²) in [6, 6.07) is -0.787. The van der Waals surface area contributed by atoms with Gasteiger partial charge in [-0.1, -0.05) is 6.92 Å². The molecule has 0 aromatic carbocycles. The van der Waals surface area contributed by atoms with Crippen LogP contribution in [-0.2, 0) is 22.7 Å². The first-order valence-electron chi connectivity index (χ1n) is 10.9. The third kappa shape index (κ3) is 5.46. The molecule has 178 valence electrons. The molecule has 1 aliphatic heterocycles. The topological polar surface area (TPSA) is 123 Å². The molecular formula is C22H35N5O5.